The summed E-state index contributed by atoms with van der Waals surface area (Å²) in [5.74, 6) is -0.634. The van der Waals surface area contributed by atoms with Gasteiger partial charge in [-0.05, 0) is 32.0 Å². The van der Waals surface area contributed by atoms with Crippen molar-refractivity contribution in [3.8, 4) is 11.4 Å². The Bertz CT molecular complexity index is 1130. The fourth-order valence-corrected chi connectivity index (χ4v) is 2.72. The van der Waals surface area contributed by atoms with E-state index in [0.717, 1.165) is 0 Å². The van der Waals surface area contributed by atoms with E-state index in [9.17, 15) is 19.7 Å². The van der Waals surface area contributed by atoms with Gasteiger partial charge in [0, 0.05) is 23.9 Å². The lowest BCUT2D eigenvalue weighted by atomic mass is 10.2. The van der Waals surface area contributed by atoms with E-state index in [-0.39, 0.29) is 24.6 Å². The number of esters is 1. The first-order chi connectivity index (χ1) is 14.9. The molecule has 3 aromatic rings. The number of amides is 1. The second kappa shape index (κ2) is 9.48. The second-order valence-corrected chi connectivity index (χ2v) is 6.29. The average Bonchev–Trinajstić information content (AvgIpc) is 3.14. The van der Waals surface area contributed by atoms with E-state index in [0.29, 0.717) is 22.8 Å². The van der Waals surface area contributed by atoms with Crippen LogP contribution in [0.1, 0.15) is 23.1 Å². The monoisotopic (exact) mass is 425 g/mol. The Balaban J connectivity index is 1.73. The number of nitrogens with zero attached hydrogens (tertiary/aromatic N) is 4. The Morgan fingerprint density at radius 3 is 2.71 bits per heavy atom. The van der Waals surface area contributed by atoms with Gasteiger partial charge < -0.3 is 14.8 Å². The Morgan fingerprint density at radius 1 is 1.19 bits per heavy atom. The van der Waals surface area contributed by atoms with Gasteiger partial charge in [-0.2, -0.15) is 0 Å². The lowest BCUT2D eigenvalue weighted by molar-refractivity contribution is -0.384. The molecule has 11 nitrogen and oxygen atoms in total. The molecule has 0 atom stereocenters. The van der Waals surface area contributed by atoms with E-state index in [1.165, 1.54) is 22.9 Å². The Hall–Kier alpha value is -4.28. The first-order valence-corrected chi connectivity index (χ1v) is 9.26. The second-order valence-electron chi connectivity index (χ2n) is 6.29. The number of rotatable bonds is 8. The Kier molecular flexibility index (Phi) is 6.55. The molecule has 0 spiro atoms. The molecule has 0 bridgehead atoms. The van der Waals surface area contributed by atoms with Crippen molar-refractivity contribution in [3.05, 3.63) is 70.0 Å². The summed E-state index contributed by atoms with van der Waals surface area (Å²) < 4.78 is 11.5. The van der Waals surface area contributed by atoms with Crippen molar-refractivity contribution < 1.29 is 24.0 Å². The van der Waals surface area contributed by atoms with E-state index in [1.807, 2.05) is 0 Å². The van der Waals surface area contributed by atoms with Crippen LogP contribution in [-0.4, -0.2) is 45.0 Å². The molecular weight excluding hydrogens is 406 g/mol. The first kappa shape index (κ1) is 21.4. The first-order valence-electron chi connectivity index (χ1n) is 9.26. The third kappa shape index (κ3) is 5.21. The van der Waals surface area contributed by atoms with E-state index >= 15 is 0 Å². The van der Waals surface area contributed by atoms with Gasteiger partial charge in [0.1, 0.15) is 5.75 Å². The molecule has 0 aliphatic carbocycles. The highest BCUT2D eigenvalue weighted by atomic mass is 16.6. The fourth-order valence-electron chi connectivity index (χ4n) is 2.72. The molecule has 1 amide bonds. The molecule has 0 unspecified atom stereocenters. The lowest BCUT2D eigenvalue weighted by Gasteiger charge is -2.08. The molecule has 0 aliphatic rings. The zero-order valence-corrected chi connectivity index (χ0v) is 16.8. The number of nitro benzene ring substituents is 1. The lowest BCUT2D eigenvalue weighted by Crippen LogP contribution is -2.15. The number of hydrogen-bond donors (Lipinski definition) is 1. The number of hydrogen-bond acceptors (Lipinski definition) is 8. The van der Waals surface area contributed by atoms with Crippen molar-refractivity contribution in [1.29, 1.82) is 0 Å². The zero-order chi connectivity index (χ0) is 22.4. The predicted octanol–water partition coefficient (Wildman–Crippen LogP) is 2.68. The molecule has 11 heteroatoms. The highest BCUT2D eigenvalue weighted by molar-refractivity contribution is 6.03. The number of anilines is 1. The maximum Gasteiger partial charge on any atom is 0.344 e. The summed E-state index contributed by atoms with van der Waals surface area (Å²) in [5.41, 5.74) is 1.21. The van der Waals surface area contributed by atoms with Crippen LogP contribution in [0.2, 0.25) is 0 Å². The van der Waals surface area contributed by atoms with Gasteiger partial charge >= 0.3 is 5.97 Å². The van der Waals surface area contributed by atoms with Crippen LogP contribution in [0.15, 0.2) is 48.5 Å². The number of aromatic nitrogens is 3. The SMILES string of the molecule is CCOC(=O)COc1cccc(NC(=O)c2nnn(-c3cccc([N+](=O)[O-])c3)c2C)c1. The maximum atomic E-state index is 12.7. The number of carbonyl (C=O) groups is 2. The largest absolute Gasteiger partial charge is 0.482 e. The van der Waals surface area contributed by atoms with Crippen molar-refractivity contribution in [2.24, 2.45) is 0 Å². The molecule has 31 heavy (non-hydrogen) atoms. The number of ether oxygens (including phenoxy) is 2. The maximum absolute atomic E-state index is 12.7. The molecular formula is C20H19N5O6. The molecule has 0 radical (unpaired) electrons. The number of benzene rings is 2. The predicted molar refractivity (Wildman–Crippen MR) is 109 cm³/mol. The van der Waals surface area contributed by atoms with E-state index < -0.39 is 16.8 Å². The van der Waals surface area contributed by atoms with Gasteiger partial charge in [-0.1, -0.05) is 17.3 Å². The standard InChI is InChI=1S/C20H19N5O6/c1-3-30-18(26)12-31-17-9-4-6-14(10-17)21-20(27)19-13(2)24(23-22-19)15-7-5-8-16(11-15)25(28)29/h4-11H,3,12H2,1-2H3,(H,21,27). The van der Waals surface area contributed by atoms with Gasteiger partial charge in [0.15, 0.2) is 12.3 Å². The quantitative estimate of drug-likeness (QED) is 0.330. The number of nitrogens with one attached hydrogen (secondary N) is 1. The van der Waals surface area contributed by atoms with E-state index in [2.05, 4.69) is 15.6 Å². The van der Waals surface area contributed by atoms with E-state index in [4.69, 9.17) is 9.47 Å². The summed E-state index contributed by atoms with van der Waals surface area (Å²) in [7, 11) is 0. The van der Waals surface area contributed by atoms with E-state index in [1.54, 1.807) is 44.2 Å². The van der Waals surface area contributed by atoms with Crippen LogP contribution in [0.4, 0.5) is 11.4 Å². The number of non-ortho nitro benzene ring substituents is 1. The van der Waals surface area contributed by atoms with Gasteiger partial charge in [0.25, 0.3) is 11.6 Å². The minimum Gasteiger partial charge on any atom is -0.482 e. The molecule has 0 saturated carbocycles. The van der Waals surface area contributed by atoms with Crippen LogP contribution in [0.5, 0.6) is 5.75 Å². The van der Waals surface area contributed by atoms with Crippen LogP contribution in [0, 0.1) is 17.0 Å². The Morgan fingerprint density at radius 2 is 1.97 bits per heavy atom. The summed E-state index contributed by atoms with van der Waals surface area (Å²) in [4.78, 5) is 34.6. The minimum absolute atomic E-state index is 0.0596. The van der Waals surface area contributed by atoms with Crippen molar-refractivity contribution in [3.63, 3.8) is 0 Å². The minimum atomic E-state index is -0.517. The molecule has 1 N–H and O–H groups in total. The van der Waals surface area contributed by atoms with Crippen LogP contribution >= 0.6 is 0 Å². The average molecular weight is 425 g/mol. The summed E-state index contributed by atoms with van der Waals surface area (Å²) in [6.07, 6.45) is 0. The molecule has 0 aliphatic heterocycles. The molecule has 1 heterocycles. The van der Waals surface area contributed by atoms with Gasteiger partial charge in [-0.3, -0.25) is 14.9 Å². The third-order valence-corrected chi connectivity index (χ3v) is 4.15. The van der Waals surface area contributed by atoms with Crippen molar-refractivity contribution in [2.45, 2.75) is 13.8 Å². The molecule has 1 aromatic heterocycles. The van der Waals surface area contributed by atoms with Gasteiger partial charge in [-0.25, -0.2) is 9.48 Å². The molecule has 0 saturated heterocycles. The van der Waals surface area contributed by atoms with Crippen LogP contribution < -0.4 is 10.1 Å². The van der Waals surface area contributed by atoms with Crippen molar-refractivity contribution in [2.75, 3.05) is 18.5 Å². The van der Waals surface area contributed by atoms with Gasteiger partial charge in [-0.15, -0.1) is 5.10 Å². The zero-order valence-electron chi connectivity index (χ0n) is 16.8. The highest BCUT2D eigenvalue weighted by Gasteiger charge is 2.19. The topological polar surface area (TPSA) is 138 Å². The third-order valence-electron chi connectivity index (χ3n) is 4.15. The summed E-state index contributed by atoms with van der Waals surface area (Å²) in [6.45, 7) is 3.34. The smallest absolute Gasteiger partial charge is 0.344 e. The molecule has 3 rings (SSSR count). The molecule has 2 aromatic carbocycles. The summed E-state index contributed by atoms with van der Waals surface area (Å²) in [6, 6.07) is 12.3. The molecule has 0 fully saturated rings. The fraction of sp³-hybridized carbons (Fsp3) is 0.200. The van der Waals surface area contributed by atoms with Crippen molar-refractivity contribution in [1.82, 2.24) is 15.0 Å². The van der Waals surface area contributed by atoms with Crippen LogP contribution in [0.3, 0.4) is 0 Å². The Labute approximate surface area is 176 Å². The summed E-state index contributed by atoms with van der Waals surface area (Å²) in [5, 5.41) is 21.5. The van der Waals surface area contributed by atoms with Crippen LogP contribution in [-0.2, 0) is 9.53 Å². The van der Waals surface area contributed by atoms with Gasteiger partial charge in [0.05, 0.1) is 22.9 Å². The normalized spacial score (nSPS) is 10.4. The van der Waals surface area contributed by atoms with Gasteiger partial charge in [0.2, 0.25) is 0 Å². The molecule has 160 valence electrons. The number of nitro groups is 1. The highest BCUT2D eigenvalue weighted by Crippen LogP contribution is 2.21. The number of carbonyl (C=O) groups excluding carboxylic acids is 2. The van der Waals surface area contributed by atoms with Crippen molar-refractivity contribution >= 4 is 23.3 Å². The summed E-state index contributed by atoms with van der Waals surface area (Å²) >= 11 is 0. The van der Waals surface area contributed by atoms with Crippen LogP contribution in [0.25, 0.3) is 5.69 Å².